The first-order valence-electron chi connectivity index (χ1n) is 3.96. The number of esters is 1. The summed E-state index contributed by atoms with van der Waals surface area (Å²) in [5.74, 6) is -0.318. The molecule has 0 aliphatic carbocycles. The highest BCUT2D eigenvalue weighted by atomic mass is 16.6. The maximum Gasteiger partial charge on any atom is 0.338 e. The van der Waals surface area contributed by atoms with Gasteiger partial charge in [-0.2, -0.15) is 0 Å². The first-order valence-corrected chi connectivity index (χ1v) is 3.96. The minimum absolute atomic E-state index is 0.143. The van der Waals surface area contributed by atoms with Crippen molar-refractivity contribution in [2.45, 2.75) is 12.2 Å². The first-order chi connectivity index (χ1) is 6.33. The summed E-state index contributed by atoms with van der Waals surface area (Å²) in [6.07, 6.45) is 2.78. The molecule has 1 aliphatic rings. The maximum absolute atomic E-state index is 11.0. The lowest BCUT2D eigenvalue weighted by Gasteiger charge is -1.93. The molecule has 0 radical (unpaired) electrons. The molecule has 0 bridgehead atoms. The van der Waals surface area contributed by atoms with Crippen LogP contribution >= 0.6 is 0 Å². The lowest BCUT2D eigenvalue weighted by molar-refractivity contribution is -0.142. The van der Waals surface area contributed by atoms with Gasteiger partial charge in [0.2, 0.25) is 0 Å². The second-order valence-corrected chi connectivity index (χ2v) is 2.78. The van der Waals surface area contributed by atoms with E-state index in [-0.39, 0.29) is 12.1 Å². The van der Waals surface area contributed by atoms with Crippen molar-refractivity contribution >= 4 is 5.97 Å². The molecule has 0 amide bonds. The predicted octanol–water partition coefficient (Wildman–Crippen LogP) is 0.694. The van der Waals surface area contributed by atoms with Crippen LogP contribution in [0.5, 0.6) is 0 Å². The Labute approximate surface area is 75.5 Å². The molecule has 4 heteroatoms. The summed E-state index contributed by atoms with van der Waals surface area (Å²) >= 11 is 0. The number of carbonyl (C=O) groups is 1. The number of aromatic nitrogens is 1. The molecule has 0 N–H and O–H groups in total. The quantitative estimate of drug-likeness (QED) is 0.495. The summed E-state index contributed by atoms with van der Waals surface area (Å²) in [7, 11) is 1.35. The summed E-state index contributed by atoms with van der Waals surface area (Å²) in [5.41, 5.74) is 0.963. The topological polar surface area (TPSA) is 51.7 Å². The molecule has 2 rings (SSSR count). The highest BCUT2D eigenvalue weighted by molar-refractivity contribution is 5.78. The van der Waals surface area contributed by atoms with Gasteiger partial charge in [-0.05, 0) is 17.7 Å². The highest BCUT2D eigenvalue weighted by Gasteiger charge is 2.47. The molecule has 0 unspecified atom stereocenters. The Morgan fingerprint density at radius 1 is 1.54 bits per heavy atom. The van der Waals surface area contributed by atoms with Crippen LogP contribution in [0.2, 0.25) is 0 Å². The van der Waals surface area contributed by atoms with Crippen molar-refractivity contribution < 1.29 is 14.3 Å². The van der Waals surface area contributed by atoms with Gasteiger partial charge in [0.25, 0.3) is 0 Å². The van der Waals surface area contributed by atoms with Gasteiger partial charge in [0, 0.05) is 12.4 Å². The summed E-state index contributed by atoms with van der Waals surface area (Å²) in [5, 5.41) is 0. The van der Waals surface area contributed by atoms with Crippen LogP contribution in [0.15, 0.2) is 24.5 Å². The Bertz CT molecular complexity index is 312. The number of epoxide rings is 1. The van der Waals surface area contributed by atoms with Crippen LogP contribution in [-0.4, -0.2) is 24.2 Å². The van der Waals surface area contributed by atoms with Gasteiger partial charge < -0.3 is 9.47 Å². The van der Waals surface area contributed by atoms with E-state index in [1.54, 1.807) is 12.4 Å². The fourth-order valence-corrected chi connectivity index (χ4v) is 1.21. The zero-order valence-electron chi connectivity index (χ0n) is 7.14. The average Bonchev–Trinajstić information content (AvgIpc) is 2.98. The van der Waals surface area contributed by atoms with E-state index in [9.17, 15) is 4.79 Å². The SMILES string of the molecule is COC(=O)[C@H]1O[C@H]1c1ccncc1. The number of methoxy groups -OCH3 is 1. The Kier molecular flexibility index (Phi) is 1.98. The van der Waals surface area contributed by atoms with E-state index >= 15 is 0 Å². The Balaban J connectivity index is 2.04. The smallest absolute Gasteiger partial charge is 0.338 e. The van der Waals surface area contributed by atoms with Crippen LogP contribution in [0.3, 0.4) is 0 Å². The molecule has 1 aromatic rings. The number of rotatable bonds is 2. The largest absolute Gasteiger partial charge is 0.467 e. The van der Waals surface area contributed by atoms with Crippen LogP contribution in [-0.2, 0) is 14.3 Å². The first kappa shape index (κ1) is 8.19. The third-order valence-corrected chi connectivity index (χ3v) is 1.96. The van der Waals surface area contributed by atoms with Crippen molar-refractivity contribution in [3.8, 4) is 0 Å². The molecule has 1 aromatic heterocycles. The summed E-state index contributed by atoms with van der Waals surface area (Å²) in [4.78, 5) is 14.9. The molecule has 4 nitrogen and oxygen atoms in total. The van der Waals surface area contributed by atoms with Gasteiger partial charge in [-0.15, -0.1) is 0 Å². The summed E-state index contributed by atoms with van der Waals surface area (Å²) in [6, 6.07) is 3.65. The van der Waals surface area contributed by atoms with Crippen LogP contribution in [0.4, 0.5) is 0 Å². The Morgan fingerprint density at radius 3 is 2.85 bits per heavy atom. The maximum atomic E-state index is 11.0. The fourth-order valence-electron chi connectivity index (χ4n) is 1.21. The van der Waals surface area contributed by atoms with E-state index in [0.717, 1.165) is 5.56 Å². The Morgan fingerprint density at radius 2 is 2.23 bits per heavy atom. The highest BCUT2D eigenvalue weighted by Crippen LogP contribution is 2.38. The summed E-state index contributed by atoms with van der Waals surface area (Å²) in [6.45, 7) is 0. The van der Waals surface area contributed by atoms with E-state index in [1.807, 2.05) is 12.1 Å². The van der Waals surface area contributed by atoms with E-state index in [4.69, 9.17) is 4.74 Å². The van der Waals surface area contributed by atoms with Crippen molar-refractivity contribution in [3.63, 3.8) is 0 Å². The average molecular weight is 179 g/mol. The molecule has 2 atom stereocenters. The van der Waals surface area contributed by atoms with Crippen molar-refractivity contribution in [3.05, 3.63) is 30.1 Å². The Hall–Kier alpha value is -1.42. The van der Waals surface area contributed by atoms with Crippen LogP contribution in [0, 0.1) is 0 Å². The molecule has 13 heavy (non-hydrogen) atoms. The molecule has 1 aliphatic heterocycles. The second-order valence-electron chi connectivity index (χ2n) is 2.78. The second kappa shape index (κ2) is 3.14. The van der Waals surface area contributed by atoms with Gasteiger partial charge in [-0.25, -0.2) is 4.79 Å². The van der Waals surface area contributed by atoms with Crippen molar-refractivity contribution in [2.75, 3.05) is 7.11 Å². The zero-order chi connectivity index (χ0) is 9.26. The molecule has 2 heterocycles. The lowest BCUT2D eigenvalue weighted by atomic mass is 10.1. The van der Waals surface area contributed by atoms with E-state index in [2.05, 4.69) is 9.72 Å². The third-order valence-electron chi connectivity index (χ3n) is 1.96. The van der Waals surface area contributed by atoms with E-state index < -0.39 is 6.10 Å². The number of pyridine rings is 1. The van der Waals surface area contributed by atoms with Gasteiger partial charge in [0.05, 0.1) is 7.11 Å². The van der Waals surface area contributed by atoms with Crippen LogP contribution in [0.25, 0.3) is 0 Å². The van der Waals surface area contributed by atoms with Gasteiger partial charge in [0.1, 0.15) is 6.10 Å². The monoisotopic (exact) mass is 179 g/mol. The number of hydrogen-bond donors (Lipinski definition) is 0. The lowest BCUT2D eigenvalue weighted by Crippen LogP contribution is -2.09. The molecule has 1 saturated heterocycles. The standard InChI is InChI=1S/C9H9NO3/c1-12-9(11)8-7(13-8)6-2-4-10-5-3-6/h2-5,7-8H,1H3/t7-,8-/m0/s1. The normalized spacial score (nSPS) is 25.3. The molecule has 68 valence electrons. The van der Waals surface area contributed by atoms with Gasteiger partial charge in [-0.1, -0.05) is 0 Å². The zero-order valence-corrected chi connectivity index (χ0v) is 7.14. The van der Waals surface area contributed by atoms with Gasteiger partial charge in [0.15, 0.2) is 6.10 Å². The van der Waals surface area contributed by atoms with Gasteiger partial charge in [-0.3, -0.25) is 4.98 Å². The third kappa shape index (κ3) is 1.53. The van der Waals surface area contributed by atoms with Crippen molar-refractivity contribution in [1.82, 2.24) is 4.98 Å². The van der Waals surface area contributed by atoms with Gasteiger partial charge >= 0.3 is 5.97 Å². The minimum atomic E-state index is -0.424. The molecular weight excluding hydrogens is 170 g/mol. The predicted molar refractivity (Wildman–Crippen MR) is 43.9 cm³/mol. The summed E-state index contributed by atoms with van der Waals surface area (Å²) < 4.78 is 9.70. The molecule has 0 aromatic carbocycles. The minimum Gasteiger partial charge on any atom is -0.467 e. The van der Waals surface area contributed by atoms with E-state index in [1.165, 1.54) is 7.11 Å². The van der Waals surface area contributed by atoms with Crippen molar-refractivity contribution in [1.29, 1.82) is 0 Å². The van der Waals surface area contributed by atoms with Crippen molar-refractivity contribution in [2.24, 2.45) is 0 Å². The van der Waals surface area contributed by atoms with E-state index in [0.29, 0.717) is 0 Å². The number of hydrogen-bond acceptors (Lipinski definition) is 4. The molecular formula is C9H9NO3. The van der Waals surface area contributed by atoms with Crippen LogP contribution < -0.4 is 0 Å². The molecule has 1 fully saturated rings. The number of carbonyl (C=O) groups excluding carboxylic acids is 1. The number of ether oxygens (including phenoxy) is 2. The van der Waals surface area contributed by atoms with Crippen LogP contribution in [0.1, 0.15) is 11.7 Å². The fraction of sp³-hybridized carbons (Fsp3) is 0.333. The molecule has 0 saturated carbocycles. The molecule has 0 spiro atoms. The number of nitrogens with zero attached hydrogens (tertiary/aromatic N) is 1.